The molecule has 0 saturated heterocycles. The normalized spacial score (nSPS) is 10.2. The fraction of sp³-hybridized carbons (Fsp3) is 0.800. The van der Waals surface area contributed by atoms with E-state index in [0.717, 1.165) is 0 Å². The first-order valence-corrected chi connectivity index (χ1v) is 7.00. The van der Waals surface area contributed by atoms with Crippen molar-refractivity contribution in [3.8, 4) is 0 Å². The quantitative estimate of drug-likeness (QED) is 0.343. The van der Waals surface area contributed by atoms with Gasteiger partial charge < -0.3 is 18.9 Å². The molecule has 1 radical (unpaired) electrons. The van der Waals surface area contributed by atoms with Gasteiger partial charge in [0, 0.05) is 32.7 Å². The van der Waals surface area contributed by atoms with Crippen molar-refractivity contribution >= 4 is 20.6 Å². The van der Waals surface area contributed by atoms with Gasteiger partial charge in [0.15, 0.2) is 0 Å². The molecule has 121 valence electrons. The van der Waals surface area contributed by atoms with Crippen LogP contribution in [0.25, 0.3) is 0 Å². The molecule has 0 aliphatic carbocycles. The van der Waals surface area contributed by atoms with Crippen LogP contribution in [0.2, 0.25) is 0 Å². The first kappa shape index (κ1) is 23.1. The van der Waals surface area contributed by atoms with E-state index in [0.29, 0.717) is 0 Å². The maximum atomic E-state index is 11.1. The smallest absolute Gasteiger partial charge is 0.432 e. The largest absolute Gasteiger partial charge is 0.510 e. The number of hydrogen-bond donors (Lipinski definition) is 0. The molecule has 0 heterocycles. The molecule has 0 rings (SSSR count). The van der Waals surface area contributed by atoms with Crippen LogP contribution in [0.5, 0.6) is 0 Å². The molecule has 0 aromatic carbocycles. The van der Waals surface area contributed by atoms with Crippen LogP contribution in [0.4, 0.5) is 9.59 Å². The molecule has 9 nitrogen and oxygen atoms in total. The van der Waals surface area contributed by atoms with E-state index in [4.69, 9.17) is 0 Å². The predicted molar refractivity (Wildman–Crippen MR) is 66.3 cm³/mol. The molecule has 0 saturated carbocycles. The minimum absolute atomic E-state index is 0. The Morgan fingerprint density at radius 3 is 1.48 bits per heavy atom. The fourth-order valence-electron chi connectivity index (χ4n) is 0.746. The van der Waals surface area contributed by atoms with Gasteiger partial charge >= 0.3 is 20.6 Å². The third kappa shape index (κ3) is 16.0. The predicted octanol–water partition coefficient (Wildman–Crippen LogP) is 2.45. The van der Waals surface area contributed by atoms with Gasteiger partial charge in [0.25, 0.3) is 0 Å². The van der Waals surface area contributed by atoms with Crippen molar-refractivity contribution in [2.75, 3.05) is 13.6 Å². The molecule has 0 N–H and O–H groups in total. The third-order valence-electron chi connectivity index (χ3n) is 1.37. The van der Waals surface area contributed by atoms with Gasteiger partial charge in [-0.2, -0.15) is 0 Å². The maximum Gasteiger partial charge on any atom is 0.510 e. The minimum Gasteiger partial charge on any atom is -0.432 e. The molecular formula is C10H19O9PY. The minimum atomic E-state index is -2.95. The Balaban J connectivity index is 0. The maximum absolute atomic E-state index is 11.1. The Hall–Kier alpha value is -0.206. The summed E-state index contributed by atoms with van der Waals surface area (Å²) in [4.78, 5) is 21.8. The van der Waals surface area contributed by atoms with Gasteiger partial charge in [-0.25, -0.2) is 9.59 Å². The van der Waals surface area contributed by atoms with Gasteiger partial charge in [0.2, 0.25) is 13.6 Å². The van der Waals surface area contributed by atoms with E-state index in [1.165, 1.54) is 0 Å². The summed E-state index contributed by atoms with van der Waals surface area (Å²) in [5.41, 5.74) is 0. The second kappa shape index (κ2) is 13.5. The number of hydrogen-bond acceptors (Lipinski definition) is 9. The first-order valence-electron chi connectivity index (χ1n) is 5.77. The van der Waals surface area contributed by atoms with Crippen LogP contribution in [0.1, 0.15) is 27.7 Å². The third-order valence-corrected chi connectivity index (χ3v) is 2.08. The van der Waals surface area contributed by atoms with Gasteiger partial charge in [0.1, 0.15) is 0 Å². The summed E-state index contributed by atoms with van der Waals surface area (Å²) in [5.74, 6) is 0. The average Bonchev–Trinajstić information content (AvgIpc) is 2.26. The van der Waals surface area contributed by atoms with E-state index in [9.17, 15) is 14.2 Å². The fourth-order valence-corrected chi connectivity index (χ4v) is 1.14. The molecule has 0 unspecified atom stereocenters. The van der Waals surface area contributed by atoms with Gasteiger partial charge in [-0.1, -0.05) is 0 Å². The Labute approximate surface area is 148 Å². The summed E-state index contributed by atoms with van der Waals surface area (Å²) in [7, 11) is -2.95. The summed E-state index contributed by atoms with van der Waals surface area (Å²) >= 11 is 0. The molecular weight excluding hydrogens is 384 g/mol. The van der Waals surface area contributed by atoms with Crippen LogP contribution in [0.3, 0.4) is 0 Å². The molecule has 0 spiro atoms. The summed E-state index contributed by atoms with van der Waals surface area (Å²) in [6.45, 7) is 5.37. The molecule has 0 aliphatic rings. The second-order valence-electron chi connectivity index (χ2n) is 3.90. The van der Waals surface area contributed by atoms with Gasteiger partial charge in [-0.05, 0) is 27.7 Å². The zero-order valence-electron chi connectivity index (χ0n) is 12.3. The van der Waals surface area contributed by atoms with Crippen molar-refractivity contribution in [1.29, 1.82) is 0 Å². The summed E-state index contributed by atoms with van der Waals surface area (Å²) in [5, 5.41) is 0. The Kier molecular flexibility index (Phi) is 14.8. The zero-order chi connectivity index (χ0) is 15.5. The van der Waals surface area contributed by atoms with Crippen molar-refractivity contribution in [2.45, 2.75) is 39.9 Å². The van der Waals surface area contributed by atoms with Crippen LogP contribution in [-0.2, 0) is 65.3 Å². The topological polar surface area (TPSA) is 107 Å². The number of rotatable bonds is 8. The van der Waals surface area contributed by atoms with Crippen LogP contribution >= 0.6 is 8.25 Å². The molecule has 0 aromatic rings. The molecule has 0 aromatic heterocycles. The van der Waals surface area contributed by atoms with Crippen molar-refractivity contribution in [1.82, 2.24) is 0 Å². The molecule has 0 bridgehead atoms. The van der Waals surface area contributed by atoms with Crippen molar-refractivity contribution in [3.05, 3.63) is 0 Å². The number of ether oxygens (including phenoxy) is 4. The monoisotopic (exact) mass is 403 g/mol. The molecule has 21 heavy (non-hydrogen) atoms. The first-order chi connectivity index (χ1) is 9.31. The number of carbonyl (C=O) groups excluding carboxylic acids is 2. The van der Waals surface area contributed by atoms with Gasteiger partial charge in [0.05, 0.1) is 12.2 Å². The van der Waals surface area contributed by atoms with E-state index >= 15 is 0 Å². The Morgan fingerprint density at radius 1 is 0.857 bits per heavy atom. The van der Waals surface area contributed by atoms with Crippen molar-refractivity contribution in [3.63, 3.8) is 0 Å². The van der Waals surface area contributed by atoms with Crippen LogP contribution in [0, 0.1) is 0 Å². The van der Waals surface area contributed by atoms with Crippen molar-refractivity contribution in [2.24, 2.45) is 0 Å². The van der Waals surface area contributed by atoms with Crippen molar-refractivity contribution < 1.29 is 74.9 Å². The van der Waals surface area contributed by atoms with Crippen LogP contribution in [0.15, 0.2) is 0 Å². The summed E-state index contributed by atoms with van der Waals surface area (Å²) in [6.07, 6.45) is -2.58. The Bertz CT molecular complexity index is 304. The summed E-state index contributed by atoms with van der Waals surface area (Å²) < 4.78 is 38.3. The molecule has 0 amide bonds. The van der Waals surface area contributed by atoms with Crippen LogP contribution < -0.4 is 0 Å². The SMILES string of the molecule is CC(C)OC(=O)OCO[PH](=O)OCOC(=O)OC(C)C.[Y]. The van der Waals surface area contributed by atoms with Crippen LogP contribution in [-0.4, -0.2) is 38.1 Å². The van der Waals surface area contributed by atoms with Gasteiger partial charge in [-0.3, -0.25) is 13.6 Å². The second-order valence-corrected chi connectivity index (χ2v) is 4.97. The van der Waals surface area contributed by atoms with E-state index in [-0.39, 0.29) is 44.9 Å². The molecule has 0 aliphatic heterocycles. The van der Waals surface area contributed by atoms with E-state index in [1.807, 2.05) is 0 Å². The molecule has 11 heteroatoms. The van der Waals surface area contributed by atoms with Gasteiger partial charge in [-0.15, -0.1) is 0 Å². The zero-order valence-corrected chi connectivity index (χ0v) is 16.2. The average molecular weight is 403 g/mol. The van der Waals surface area contributed by atoms with E-state index < -0.39 is 34.2 Å². The Morgan fingerprint density at radius 2 is 1.19 bits per heavy atom. The molecule has 0 fully saturated rings. The molecule has 0 atom stereocenters. The van der Waals surface area contributed by atoms with E-state index in [2.05, 4.69) is 28.0 Å². The summed E-state index contributed by atoms with van der Waals surface area (Å²) in [6, 6.07) is 0. The number of carbonyl (C=O) groups is 2. The standard InChI is InChI=1S/C10H19O9P.Y/c1-7(2)18-9(11)14-5-16-20(13)17-6-15-10(12)19-8(3)4;/h7-8,20H,5-6H2,1-4H3;. The van der Waals surface area contributed by atoms with E-state index in [1.54, 1.807) is 27.7 Å².